The highest BCUT2D eigenvalue weighted by molar-refractivity contribution is 6.10. The van der Waals surface area contributed by atoms with E-state index in [2.05, 4.69) is 144 Å². The third kappa shape index (κ3) is 5.01. The van der Waals surface area contributed by atoms with Crippen molar-refractivity contribution < 1.29 is 8.83 Å². The van der Waals surface area contributed by atoms with Gasteiger partial charge in [-0.3, -0.25) is 0 Å². The molecule has 12 rings (SSSR count). The predicted octanol–water partition coefficient (Wildman–Crippen LogP) is 13.4. The maximum Gasteiger partial charge on any atom is 0.166 e. The van der Waals surface area contributed by atoms with Gasteiger partial charge in [0.2, 0.25) is 0 Å². The molecule has 0 aliphatic heterocycles. The van der Waals surface area contributed by atoms with Crippen molar-refractivity contribution in [3.05, 3.63) is 182 Å². The summed E-state index contributed by atoms with van der Waals surface area (Å²) in [6.07, 6.45) is 0. The van der Waals surface area contributed by atoms with Gasteiger partial charge < -0.3 is 13.4 Å². The first-order chi connectivity index (χ1) is 28.2. The number of aromatic nitrogens is 4. The lowest BCUT2D eigenvalue weighted by Gasteiger charge is -2.14. The molecule has 0 radical (unpaired) electrons. The molecule has 0 unspecified atom stereocenters. The largest absolute Gasteiger partial charge is 0.456 e. The maximum atomic E-state index is 6.55. The summed E-state index contributed by atoms with van der Waals surface area (Å²) >= 11 is 0. The lowest BCUT2D eigenvalue weighted by atomic mass is 10.0. The summed E-state index contributed by atoms with van der Waals surface area (Å²) in [7, 11) is 0. The average Bonchev–Trinajstić information content (AvgIpc) is 3.95. The molecule has 12 aromatic rings. The van der Waals surface area contributed by atoms with Gasteiger partial charge in [0, 0.05) is 49.0 Å². The lowest BCUT2D eigenvalue weighted by Crippen LogP contribution is -2.03. The zero-order chi connectivity index (χ0) is 37.5. The molecule has 4 aromatic heterocycles. The Morgan fingerprint density at radius 2 is 0.772 bits per heavy atom. The fourth-order valence-corrected chi connectivity index (χ4v) is 8.39. The van der Waals surface area contributed by atoms with Crippen LogP contribution in [0.1, 0.15) is 0 Å². The van der Waals surface area contributed by atoms with Crippen LogP contribution in [0, 0.1) is 0 Å². The van der Waals surface area contributed by atoms with Crippen LogP contribution < -0.4 is 0 Å². The topological polar surface area (TPSA) is 69.9 Å². The minimum atomic E-state index is 0.545. The molecule has 6 nitrogen and oxygen atoms in total. The predicted molar refractivity (Wildman–Crippen MR) is 230 cm³/mol. The van der Waals surface area contributed by atoms with Crippen molar-refractivity contribution >= 4 is 65.7 Å². The van der Waals surface area contributed by atoms with Gasteiger partial charge in [0.25, 0.3) is 0 Å². The van der Waals surface area contributed by atoms with Crippen molar-refractivity contribution in [3.63, 3.8) is 0 Å². The standard InChI is InChI=1S/C51H30N4O2/c1-2-12-31(13-3-1)32-22-25-39-40-27-24-34(30-48(40)57-46(39)28-32)50-52-49(33-23-26-38-37-16-7-11-21-45(37)56-47(38)29-33)53-51(54-50)41-17-6-10-20-44(41)55-42-18-8-4-14-35(42)36-15-5-9-19-43(36)55/h1-30H. The zero-order valence-electron chi connectivity index (χ0n) is 30.4. The highest BCUT2D eigenvalue weighted by Gasteiger charge is 2.20. The molecule has 0 aliphatic carbocycles. The molecule has 0 amide bonds. The van der Waals surface area contributed by atoms with Crippen LogP contribution in [0.5, 0.6) is 0 Å². The highest BCUT2D eigenvalue weighted by atomic mass is 16.3. The summed E-state index contributed by atoms with van der Waals surface area (Å²) in [5.74, 6) is 1.66. The second-order valence-corrected chi connectivity index (χ2v) is 14.4. The molecule has 6 heteroatoms. The van der Waals surface area contributed by atoms with Crippen LogP contribution in [-0.4, -0.2) is 19.5 Å². The monoisotopic (exact) mass is 730 g/mol. The van der Waals surface area contributed by atoms with Gasteiger partial charge in [0.1, 0.15) is 22.3 Å². The maximum absolute atomic E-state index is 6.55. The Morgan fingerprint density at radius 3 is 1.42 bits per heavy atom. The Bertz CT molecular complexity index is 3490. The first-order valence-corrected chi connectivity index (χ1v) is 19.0. The molecular weight excluding hydrogens is 701 g/mol. The van der Waals surface area contributed by atoms with E-state index >= 15 is 0 Å². The van der Waals surface area contributed by atoms with Gasteiger partial charge in [0.15, 0.2) is 17.5 Å². The van der Waals surface area contributed by atoms with Gasteiger partial charge in [0.05, 0.1) is 16.7 Å². The van der Waals surface area contributed by atoms with Crippen LogP contribution in [0.4, 0.5) is 0 Å². The Kier molecular flexibility index (Phi) is 6.83. The van der Waals surface area contributed by atoms with Crippen LogP contribution in [0.15, 0.2) is 191 Å². The van der Waals surface area contributed by atoms with Crippen LogP contribution in [0.3, 0.4) is 0 Å². The second-order valence-electron chi connectivity index (χ2n) is 14.4. The molecule has 4 heterocycles. The number of benzene rings is 8. The molecule has 0 spiro atoms. The summed E-state index contributed by atoms with van der Waals surface area (Å²) in [4.78, 5) is 15.6. The molecule has 8 aromatic carbocycles. The number of nitrogens with zero attached hydrogens (tertiary/aromatic N) is 4. The van der Waals surface area contributed by atoms with Crippen molar-refractivity contribution in [1.29, 1.82) is 0 Å². The molecule has 0 bridgehead atoms. The highest BCUT2D eigenvalue weighted by Crippen LogP contribution is 2.39. The summed E-state index contributed by atoms with van der Waals surface area (Å²) in [6.45, 7) is 0. The number of furan rings is 2. The molecule has 0 fully saturated rings. The van der Waals surface area contributed by atoms with E-state index in [1.54, 1.807) is 0 Å². The molecule has 0 saturated heterocycles. The number of hydrogen-bond donors (Lipinski definition) is 0. The third-order valence-corrected chi connectivity index (χ3v) is 11.1. The van der Waals surface area contributed by atoms with Crippen LogP contribution >= 0.6 is 0 Å². The number of para-hydroxylation sites is 4. The van der Waals surface area contributed by atoms with Crippen LogP contribution in [0.2, 0.25) is 0 Å². The first kappa shape index (κ1) is 31.5. The van der Waals surface area contributed by atoms with E-state index < -0.39 is 0 Å². The molecule has 0 aliphatic rings. The number of fused-ring (bicyclic) bond motifs is 9. The Balaban J connectivity index is 1.07. The van der Waals surface area contributed by atoms with Gasteiger partial charge in [-0.2, -0.15) is 0 Å². The Morgan fingerprint density at radius 1 is 0.316 bits per heavy atom. The Hall–Kier alpha value is -7.83. The fraction of sp³-hybridized carbons (Fsp3) is 0. The van der Waals surface area contributed by atoms with Gasteiger partial charge in [-0.25, -0.2) is 15.0 Å². The molecule has 0 atom stereocenters. The van der Waals surface area contributed by atoms with Gasteiger partial charge in [-0.05, 0) is 77.9 Å². The number of rotatable bonds is 5. The Labute approximate surface area is 325 Å². The van der Waals surface area contributed by atoms with E-state index in [0.29, 0.717) is 17.5 Å². The summed E-state index contributed by atoms with van der Waals surface area (Å²) < 4.78 is 15.2. The minimum Gasteiger partial charge on any atom is -0.456 e. The van der Waals surface area contributed by atoms with Crippen molar-refractivity contribution in [1.82, 2.24) is 19.5 Å². The average molecular weight is 731 g/mol. The van der Waals surface area contributed by atoms with Crippen LogP contribution in [-0.2, 0) is 0 Å². The van der Waals surface area contributed by atoms with Crippen molar-refractivity contribution in [2.45, 2.75) is 0 Å². The first-order valence-electron chi connectivity index (χ1n) is 19.0. The number of hydrogen-bond acceptors (Lipinski definition) is 5. The normalized spacial score (nSPS) is 11.9. The van der Waals surface area contributed by atoms with Crippen molar-refractivity contribution in [2.75, 3.05) is 0 Å². The minimum absolute atomic E-state index is 0.545. The van der Waals surface area contributed by atoms with Gasteiger partial charge in [-0.1, -0.05) is 115 Å². The van der Waals surface area contributed by atoms with Crippen molar-refractivity contribution in [2.24, 2.45) is 0 Å². The molecule has 266 valence electrons. The third-order valence-electron chi connectivity index (χ3n) is 11.1. The van der Waals surface area contributed by atoms with Gasteiger partial charge >= 0.3 is 0 Å². The SMILES string of the molecule is c1ccc(-c2ccc3c(c2)oc2cc(-c4nc(-c5ccc6c(c5)oc5ccccc56)nc(-c5ccccc5-n5c6ccccc6c6ccccc65)n4)ccc23)cc1. The zero-order valence-corrected chi connectivity index (χ0v) is 30.4. The van der Waals surface area contributed by atoms with Gasteiger partial charge in [-0.15, -0.1) is 0 Å². The molecule has 57 heavy (non-hydrogen) atoms. The van der Waals surface area contributed by atoms with E-state index in [1.807, 2.05) is 42.5 Å². The van der Waals surface area contributed by atoms with E-state index in [-0.39, 0.29) is 0 Å². The van der Waals surface area contributed by atoms with Crippen LogP contribution in [0.25, 0.3) is 117 Å². The van der Waals surface area contributed by atoms with E-state index in [4.69, 9.17) is 23.8 Å². The summed E-state index contributed by atoms with van der Waals surface area (Å²) in [5.41, 5.74) is 11.2. The quantitative estimate of drug-likeness (QED) is 0.176. The summed E-state index contributed by atoms with van der Waals surface area (Å²) in [5, 5.41) is 6.60. The van der Waals surface area contributed by atoms with E-state index in [1.165, 1.54) is 10.8 Å². The van der Waals surface area contributed by atoms with E-state index in [9.17, 15) is 0 Å². The fourth-order valence-electron chi connectivity index (χ4n) is 8.39. The van der Waals surface area contributed by atoms with E-state index in [0.717, 1.165) is 88.4 Å². The molecule has 0 N–H and O–H groups in total. The summed E-state index contributed by atoms with van der Waals surface area (Å²) in [6, 6.07) is 62.7. The lowest BCUT2D eigenvalue weighted by molar-refractivity contribution is 0.669. The molecule has 0 saturated carbocycles. The second kappa shape index (κ2) is 12.3. The smallest absolute Gasteiger partial charge is 0.166 e. The van der Waals surface area contributed by atoms with Crippen molar-refractivity contribution in [3.8, 4) is 51.0 Å². The molecular formula is C51H30N4O2.